The number of carbonyl (C=O) groups is 1. The summed E-state index contributed by atoms with van der Waals surface area (Å²) in [4.78, 5) is 13.1. The fourth-order valence-electron chi connectivity index (χ4n) is 4.86. The zero-order chi connectivity index (χ0) is 23.4. The lowest BCUT2D eigenvalue weighted by molar-refractivity contribution is -0.616. The van der Waals surface area contributed by atoms with Crippen LogP contribution in [-0.2, 0) is 0 Å². The fraction of sp³-hybridized carbons (Fsp3) is 0.500. The van der Waals surface area contributed by atoms with Gasteiger partial charge in [-0.05, 0) is 70.4 Å². The van der Waals surface area contributed by atoms with Gasteiger partial charge in [-0.15, -0.1) is 0 Å². The fourth-order valence-corrected chi connectivity index (χ4v) is 4.86. The third kappa shape index (κ3) is 4.22. The van der Waals surface area contributed by atoms with Crippen molar-refractivity contribution in [1.29, 1.82) is 0 Å². The van der Waals surface area contributed by atoms with Crippen molar-refractivity contribution < 1.29 is 19.4 Å². The van der Waals surface area contributed by atoms with Crippen LogP contribution in [0.1, 0.15) is 86.4 Å². The molecule has 0 unspecified atom stereocenters. The summed E-state index contributed by atoms with van der Waals surface area (Å²) in [6, 6.07) is 9.13. The molecule has 1 amide bonds. The summed E-state index contributed by atoms with van der Waals surface area (Å²) >= 11 is 0. The zero-order valence-corrected chi connectivity index (χ0v) is 19.4. The number of amides is 1. The van der Waals surface area contributed by atoms with Crippen LogP contribution in [0.3, 0.4) is 0 Å². The van der Waals surface area contributed by atoms with E-state index in [0.717, 1.165) is 67.0 Å². The third-order valence-electron chi connectivity index (χ3n) is 7.30. The molecule has 0 aliphatic heterocycles. The number of fused-ring (bicyclic) bond motifs is 1. The molecule has 0 atom stereocenters. The van der Waals surface area contributed by atoms with Crippen LogP contribution in [0, 0.1) is 5.21 Å². The standard InChI is InChI=1S/C26H30N4O4/c1-26(32)11-9-18(10-12-26)29-15-17-13-21(24(14-20(17)28-29)34-19-7-8-19)27-25(31)23-4-2-3-22(30(23)33)16-5-6-16/h2-4,13-16,18-19,32H,5-12H2,1H3,(H,27,31). The van der Waals surface area contributed by atoms with Crippen LogP contribution in [0.4, 0.5) is 5.69 Å². The number of rotatable bonds is 6. The molecule has 8 nitrogen and oxygen atoms in total. The Hall–Kier alpha value is -3.13. The smallest absolute Gasteiger partial charge is 0.321 e. The largest absolute Gasteiger partial charge is 0.618 e. The molecular formula is C26H30N4O4. The topological polar surface area (TPSA) is 103 Å². The number of anilines is 1. The monoisotopic (exact) mass is 462 g/mol. The molecule has 2 heterocycles. The number of benzene rings is 1. The first-order valence-electron chi connectivity index (χ1n) is 12.3. The maximum atomic E-state index is 13.1. The zero-order valence-electron chi connectivity index (χ0n) is 19.4. The average Bonchev–Trinajstić information content (AvgIpc) is 3.73. The van der Waals surface area contributed by atoms with Gasteiger partial charge in [0.05, 0.1) is 29.0 Å². The van der Waals surface area contributed by atoms with Crippen molar-refractivity contribution in [1.82, 2.24) is 9.78 Å². The van der Waals surface area contributed by atoms with E-state index in [9.17, 15) is 15.1 Å². The van der Waals surface area contributed by atoms with Gasteiger partial charge in [0.2, 0.25) is 0 Å². The minimum absolute atomic E-state index is 0.0897. The van der Waals surface area contributed by atoms with Crippen molar-refractivity contribution in [3.8, 4) is 5.75 Å². The van der Waals surface area contributed by atoms with E-state index in [1.54, 1.807) is 18.2 Å². The third-order valence-corrected chi connectivity index (χ3v) is 7.30. The van der Waals surface area contributed by atoms with Crippen molar-refractivity contribution in [2.45, 2.75) is 82.0 Å². The lowest BCUT2D eigenvalue weighted by Crippen LogP contribution is -2.40. The van der Waals surface area contributed by atoms with E-state index in [1.807, 2.05) is 29.9 Å². The minimum atomic E-state index is -0.596. The minimum Gasteiger partial charge on any atom is -0.618 e. The molecule has 3 aliphatic rings. The highest BCUT2D eigenvalue weighted by molar-refractivity contribution is 6.04. The molecule has 0 radical (unpaired) electrons. The van der Waals surface area contributed by atoms with Crippen molar-refractivity contribution in [2.75, 3.05) is 5.32 Å². The Kier molecular flexibility index (Phi) is 5.02. The molecule has 1 aromatic carbocycles. The number of ether oxygens (including phenoxy) is 1. The summed E-state index contributed by atoms with van der Waals surface area (Å²) in [5.74, 6) is 0.389. The predicted octanol–water partition coefficient (Wildman–Crippen LogP) is 4.21. The SMILES string of the molecule is CC1(O)CCC(n2cc3cc(NC(=O)c4cccc(C5CC5)[n+]4[O-])c(OC4CC4)cc3n2)CC1. The lowest BCUT2D eigenvalue weighted by Gasteiger charge is -2.33. The van der Waals surface area contributed by atoms with Crippen LogP contribution in [0.25, 0.3) is 10.9 Å². The summed E-state index contributed by atoms with van der Waals surface area (Å²) in [6.45, 7) is 1.89. The summed E-state index contributed by atoms with van der Waals surface area (Å²) < 4.78 is 8.85. The predicted molar refractivity (Wildman–Crippen MR) is 127 cm³/mol. The van der Waals surface area contributed by atoms with E-state index in [4.69, 9.17) is 9.84 Å². The summed E-state index contributed by atoms with van der Waals surface area (Å²) in [6.07, 6.45) is 9.36. The first-order valence-corrected chi connectivity index (χ1v) is 12.3. The first-order chi connectivity index (χ1) is 16.4. The summed E-state index contributed by atoms with van der Waals surface area (Å²) in [5, 5.41) is 31.7. The normalized spacial score (nSPS) is 24.8. The van der Waals surface area contributed by atoms with Gasteiger partial charge in [-0.3, -0.25) is 9.48 Å². The first kappa shape index (κ1) is 21.4. The Labute approximate surface area is 198 Å². The molecule has 178 valence electrons. The molecule has 3 saturated carbocycles. The molecule has 0 bridgehead atoms. The number of nitrogens with one attached hydrogen (secondary N) is 1. The molecule has 3 aromatic rings. The van der Waals surface area contributed by atoms with E-state index >= 15 is 0 Å². The molecule has 3 fully saturated rings. The highest BCUT2D eigenvalue weighted by Gasteiger charge is 2.33. The van der Waals surface area contributed by atoms with Crippen molar-refractivity contribution in [3.05, 3.63) is 53.1 Å². The van der Waals surface area contributed by atoms with Gasteiger partial charge in [0.1, 0.15) is 5.75 Å². The molecular weight excluding hydrogens is 432 g/mol. The number of hydrogen-bond acceptors (Lipinski definition) is 5. The second-order valence-electron chi connectivity index (χ2n) is 10.4. The van der Waals surface area contributed by atoms with E-state index in [-0.39, 0.29) is 23.8 Å². The summed E-state index contributed by atoms with van der Waals surface area (Å²) in [5.41, 5.74) is 1.51. The number of pyridine rings is 1. The average molecular weight is 463 g/mol. The molecule has 6 rings (SSSR count). The van der Waals surface area contributed by atoms with Crippen LogP contribution < -0.4 is 14.8 Å². The van der Waals surface area contributed by atoms with Gasteiger partial charge in [-0.1, -0.05) is 0 Å². The highest BCUT2D eigenvalue weighted by Crippen LogP contribution is 2.39. The second-order valence-corrected chi connectivity index (χ2v) is 10.4. The highest BCUT2D eigenvalue weighted by atomic mass is 16.5. The van der Waals surface area contributed by atoms with Gasteiger partial charge in [0.25, 0.3) is 5.69 Å². The van der Waals surface area contributed by atoms with Crippen LogP contribution in [0.2, 0.25) is 0 Å². The maximum Gasteiger partial charge on any atom is 0.321 e. The van der Waals surface area contributed by atoms with Crippen LogP contribution in [-0.4, -0.2) is 32.5 Å². The van der Waals surface area contributed by atoms with Gasteiger partial charge in [0, 0.05) is 35.7 Å². The number of aromatic nitrogens is 3. The molecule has 34 heavy (non-hydrogen) atoms. The van der Waals surface area contributed by atoms with Gasteiger partial charge >= 0.3 is 5.91 Å². The number of hydrogen-bond donors (Lipinski definition) is 2. The van der Waals surface area contributed by atoms with Crippen LogP contribution in [0.15, 0.2) is 36.5 Å². The van der Waals surface area contributed by atoms with Gasteiger partial charge in [-0.2, -0.15) is 9.83 Å². The molecule has 0 spiro atoms. The van der Waals surface area contributed by atoms with E-state index in [0.29, 0.717) is 17.1 Å². The molecule has 2 aromatic heterocycles. The van der Waals surface area contributed by atoms with Crippen molar-refractivity contribution in [3.63, 3.8) is 0 Å². The Balaban J connectivity index is 1.30. The van der Waals surface area contributed by atoms with E-state index in [2.05, 4.69) is 5.32 Å². The van der Waals surface area contributed by atoms with Gasteiger partial charge < -0.3 is 20.4 Å². The molecule has 2 N–H and O–H groups in total. The van der Waals surface area contributed by atoms with E-state index in [1.165, 1.54) is 0 Å². The quantitative estimate of drug-likeness (QED) is 0.422. The van der Waals surface area contributed by atoms with Crippen molar-refractivity contribution >= 4 is 22.5 Å². The number of nitrogens with zero attached hydrogens (tertiary/aromatic N) is 3. The summed E-state index contributed by atoms with van der Waals surface area (Å²) in [7, 11) is 0. The van der Waals surface area contributed by atoms with Crippen LogP contribution in [0.5, 0.6) is 5.75 Å². The van der Waals surface area contributed by atoms with Gasteiger partial charge in [0.15, 0.2) is 5.69 Å². The number of aliphatic hydroxyl groups is 1. The Morgan fingerprint density at radius 2 is 1.97 bits per heavy atom. The number of carbonyl (C=O) groups excluding carboxylic acids is 1. The lowest BCUT2D eigenvalue weighted by atomic mass is 9.84. The Morgan fingerprint density at radius 3 is 2.68 bits per heavy atom. The second kappa shape index (κ2) is 7.98. The van der Waals surface area contributed by atoms with E-state index < -0.39 is 11.5 Å². The Morgan fingerprint density at radius 1 is 1.21 bits per heavy atom. The molecule has 0 saturated heterocycles. The Bertz CT molecular complexity index is 1250. The van der Waals surface area contributed by atoms with Gasteiger partial charge in [-0.25, -0.2) is 0 Å². The molecule has 3 aliphatic carbocycles. The van der Waals surface area contributed by atoms with Crippen molar-refractivity contribution in [2.24, 2.45) is 0 Å². The van der Waals surface area contributed by atoms with Crippen LogP contribution >= 0.6 is 0 Å². The molecule has 8 heteroatoms. The maximum absolute atomic E-state index is 13.1.